The fraction of sp³-hybridized carbons (Fsp3) is 0.0588. The zero-order valence-corrected chi connectivity index (χ0v) is 30.6. The summed E-state index contributed by atoms with van der Waals surface area (Å²) >= 11 is 1.88. The number of para-hydroxylation sites is 1. The number of thiophene rings is 1. The van der Waals surface area contributed by atoms with Gasteiger partial charge < -0.3 is 4.90 Å². The molecule has 0 bridgehead atoms. The minimum atomic E-state index is -0.133. The minimum Gasteiger partial charge on any atom is -0.310 e. The molecule has 0 radical (unpaired) electrons. The molecule has 0 aliphatic heterocycles. The van der Waals surface area contributed by atoms with E-state index in [1.165, 1.54) is 75.8 Å². The van der Waals surface area contributed by atoms with Gasteiger partial charge in [0.05, 0.1) is 0 Å². The summed E-state index contributed by atoms with van der Waals surface area (Å²) < 4.78 is 2.69. The lowest BCUT2D eigenvalue weighted by Gasteiger charge is -2.28. The van der Waals surface area contributed by atoms with Crippen LogP contribution < -0.4 is 4.90 Å². The van der Waals surface area contributed by atoms with Crippen LogP contribution in [0.2, 0.25) is 0 Å². The summed E-state index contributed by atoms with van der Waals surface area (Å²) in [5.41, 5.74) is 16.2. The molecule has 0 atom stereocenters. The quantitative estimate of drug-likeness (QED) is 0.167. The van der Waals surface area contributed by atoms with E-state index >= 15 is 0 Å². The van der Waals surface area contributed by atoms with Crippen LogP contribution in [-0.4, -0.2) is 0 Å². The molecular formula is C51H37NS. The van der Waals surface area contributed by atoms with Gasteiger partial charge in [0.2, 0.25) is 0 Å². The van der Waals surface area contributed by atoms with Gasteiger partial charge in [-0.1, -0.05) is 153 Å². The SMILES string of the molecule is CC1(C)c2cc(-c3ccccc3)ccc2-c2ccc(N(c3ccccc3)c3ccc(-c4ccc(-c5cccc6c5sc5ccccc56)cc4)cc3)cc21. The van der Waals surface area contributed by atoms with E-state index in [2.05, 4.69) is 207 Å². The van der Waals surface area contributed by atoms with Crippen LogP contribution in [0.4, 0.5) is 17.1 Å². The van der Waals surface area contributed by atoms with Crippen LogP contribution in [0.15, 0.2) is 188 Å². The topological polar surface area (TPSA) is 3.24 Å². The molecule has 1 aliphatic carbocycles. The minimum absolute atomic E-state index is 0.133. The Balaban J connectivity index is 0.981. The van der Waals surface area contributed by atoms with Crippen LogP contribution in [-0.2, 0) is 5.41 Å². The van der Waals surface area contributed by atoms with Gasteiger partial charge in [-0.2, -0.15) is 0 Å². The Morgan fingerprint density at radius 2 is 0.906 bits per heavy atom. The molecule has 0 fully saturated rings. The van der Waals surface area contributed by atoms with Crippen molar-refractivity contribution in [2.24, 2.45) is 0 Å². The van der Waals surface area contributed by atoms with Gasteiger partial charge >= 0.3 is 0 Å². The Morgan fingerprint density at radius 3 is 1.66 bits per heavy atom. The molecule has 0 spiro atoms. The zero-order chi connectivity index (χ0) is 35.5. The lowest BCUT2D eigenvalue weighted by Crippen LogP contribution is -2.16. The molecule has 2 heteroatoms. The Hall–Kier alpha value is -6.22. The van der Waals surface area contributed by atoms with Crippen LogP contribution in [0.5, 0.6) is 0 Å². The Bertz CT molecular complexity index is 2780. The first kappa shape index (κ1) is 31.5. The summed E-state index contributed by atoms with van der Waals surface area (Å²) in [6, 6.07) is 68.9. The zero-order valence-electron chi connectivity index (χ0n) is 29.8. The van der Waals surface area contributed by atoms with Gasteiger partial charge in [0, 0.05) is 42.6 Å². The Labute approximate surface area is 315 Å². The average Bonchev–Trinajstić information content (AvgIpc) is 3.71. The molecule has 252 valence electrons. The van der Waals surface area contributed by atoms with Crippen molar-refractivity contribution in [2.75, 3.05) is 4.90 Å². The summed E-state index contributed by atoms with van der Waals surface area (Å²) in [4.78, 5) is 2.38. The summed E-state index contributed by atoms with van der Waals surface area (Å²) in [5.74, 6) is 0. The van der Waals surface area contributed by atoms with Crippen LogP contribution >= 0.6 is 11.3 Å². The summed E-state index contributed by atoms with van der Waals surface area (Å²) in [6.45, 7) is 4.73. The van der Waals surface area contributed by atoms with Gasteiger partial charge in [0.15, 0.2) is 0 Å². The predicted molar refractivity (Wildman–Crippen MR) is 228 cm³/mol. The highest BCUT2D eigenvalue weighted by molar-refractivity contribution is 7.26. The lowest BCUT2D eigenvalue weighted by molar-refractivity contribution is 0.660. The third-order valence-corrected chi connectivity index (χ3v) is 12.3. The van der Waals surface area contributed by atoms with Gasteiger partial charge in [0.1, 0.15) is 0 Å². The fourth-order valence-electron chi connectivity index (χ4n) is 8.32. The third kappa shape index (κ3) is 5.29. The van der Waals surface area contributed by atoms with Crippen LogP contribution in [0.25, 0.3) is 64.7 Å². The van der Waals surface area contributed by atoms with Gasteiger partial charge in [-0.25, -0.2) is 0 Å². The standard InChI is InChI=1S/C51H37NS/c1-51(2)47-32-38(34-12-5-3-6-13-34)26-30-43(47)44-31-29-41(33-48(44)51)52(39-14-7-4-8-15-39)40-27-24-36(25-28-40)35-20-22-37(23-21-35)42-17-11-18-46-45-16-9-10-19-49(45)53-50(42)46/h3-33H,1-2H3. The first-order valence-electron chi connectivity index (χ1n) is 18.3. The van der Waals surface area contributed by atoms with Crippen molar-refractivity contribution in [3.63, 3.8) is 0 Å². The second-order valence-corrected chi connectivity index (χ2v) is 15.6. The van der Waals surface area contributed by atoms with E-state index in [9.17, 15) is 0 Å². The van der Waals surface area contributed by atoms with Crippen LogP contribution in [0.1, 0.15) is 25.0 Å². The molecule has 0 unspecified atom stereocenters. The molecule has 0 N–H and O–H groups in total. The van der Waals surface area contributed by atoms with Gasteiger partial charge in [0.25, 0.3) is 0 Å². The first-order chi connectivity index (χ1) is 26.0. The highest BCUT2D eigenvalue weighted by Gasteiger charge is 2.36. The third-order valence-electron chi connectivity index (χ3n) is 11.1. The number of hydrogen-bond donors (Lipinski definition) is 0. The van der Waals surface area contributed by atoms with Crippen molar-refractivity contribution in [3.05, 3.63) is 199 Å². The highest BCUT2D eigenvalue weighted by Crippen LogP contribution is 2.51. The smallest absolute Gasteiger partial charge is 0.0465 e. The number of hydrogen-bond acceptors (Lipinski definition) is 2. The summed E-state index contributed by atoms with van der Waals surface area (Å²) in [7, 11) is 0. The average molecular weight is 696 g/mol. The number of anilines is 3. The van der Waals surface area contributed by atoms with E-state index in [1.807, 2.05) is 11.3 Å². The first-order valence-corrected chi connectivity index (χ1v) is 19.2. The molecule has 53 heavy (non-hydrogen) atoms. The van der Waals surface area contributed by atoms with Gasteiger partial charge in [-0.05, 0) is 104 Å². The molecule has 0 saturated carbocycles. The Morgan fingerprint density at radius 1 is 0.377 bits per heavy atom. The van der Waals surface area contributed by atoms with E-state index in [0.717, 1.165) is 17.1 Å². The molecule has 8 aromatic carbocycles. The number of fused-ring (bicyclic) bond motifs is 6. The lowest BCUT2D eigenvalue weighted by atomic mass is 9.81. The summed E-state index contributed by atoms with van der Waals surface area (Å²) in [6.07, 6.45) is 0. The molecule has 0 saturated heterocycles. The van der Waals surface area contributed by atoms with Crippen LogP contribution in [0.3, 0.4) is 0 Å². The van der Waals surface area contributed by atoms with Crippen molar-refractivity contribution in [3.8, 4) is 44.5 Å². The van der Waals surface area contributed by atoms with Crippen molar-refractivity contribution in [1.82, 2.24) is 0 Å². The van der Waals surface area contributed by atoms with E-state index in [4.69, 9.17) is 0 Å². The van der Waals surface area contributed by atoms with Crippen molar-refractivity contribution in [2.45, 2.75) is 19.3 Å². The number of rotatable bonds is 6. The largest absolute Gasteiger partial charge is 0.310 e. The molecule has 1 aliphatic rings. The maximum absolute atomic E-state index is 2.41. The molecule has 9 aromatic rings. The van der Waals surface area contributed by atoms with Gasteiger partial charge in [-0.3, -0.25) is 0 Å². The van der Waals surface area contributed by atoms with Crippen LogP contribution in [0, 0.1) is 0 Å². The van der Waals surface area contributed by atoms with Crippen molar-refractivity contribution >= 4 is 48.6 Å². The number of nitrogens with zero attached hydrogens (tertiary/aromatic N) is 1. The fourth-order valence-corrected chi connectivity index (χ4v) is 9.56. The van der Waals surface area contributed by atoms with E-state index in [0.29, 0.717) is 0 Å². The van der Waals surface area contributed by atoms with E-state index in [-0.39, 0.29) is 5.41 Å². The number of benzene rings is 8. The van der Waals surface area contributed by atoms with Crippen molar-refractivity contribution < 1.29 is 0 Å². The molecule has 10 rings (SSSR count). The maximum atomic E-state index is 2.41. The highest BCUT2D eigenvalue weighted by atomic mass is 32.1. The molecule has 0 amide bonds. The van der Waals surface area contributed by atoms with Gasteiger partial charge in [-0.15, -0.1) is 11.3 Å². The maximum Gasteiger partial charge on any atom is 0.0465 e. The monoisotopic (exact) mass is 695 g/mol. The van der Waals surface area contributed by atoms with E-state index < -0.39 is 0 Å². The molecular weight excluding hydrogens is 659 g/mol. The normalized spacial score (nSPS) is 12.9. The predicted octanol–water partition coefficient (Wildman–Crippen LogP) is 14.8. The molecule has 1 nitrogen and oxygen atoms in total. The second kappa shape index (κ2) is 12.5. The second-order valence-electron chi connectivity index (χ2n) is 14.6. The summed E-state index contributed by atoms with van der Waals surface area (Å²) in [5, 5.41) is 2.67. The molecule has 1 heterocycles. The van der Waals surface area contributed by atoms with E-state index in [1.54, 1.807) is 0 Å². The molecule has 1 aromatic heterocycles. The Kier molecular flexibility index (Phi) is 7.42. The van der Waals surface area contributed by atoms with Crippen molar-refractivity contribution in [1.29, 1.82) is 0 Å².